The molecule has 1 atom stereocenters. The van der Waals surface area contributed by atoms with Gasteiger partial charge in [0.15, 0.2) is 0 Å². The van der Waals surface area contributed by atoms with Crippen LogP contribution in [0.3, 0.4) is 0 Å². The van der Waals surface area contributed by atoms with Gasteiger partial charge in [-0.3, -0.25) is 0 Å². The van der Waals surface area contributed by atoms with Crippen LogP contribution < -0.4 is 15.7 Å². The van der Waals surface area contributed by atoms with Gasteiger partial charge in [0.1, 0.15) is 24.0 Å². The van der Waals surface area contributed by atoms with E-state index in [0.717, 1.165) is 47.8 Å². The van der Waals surface area contributed by atoms with Crippen LogP contribution in [0.15, 0.2) is 57.7 Å². The molecule has 1 heterocycles. The van der Waals surface area contributed by atoms with E-state index in [9.17, 15) is 14.4 Å². The number of esters is 1. The Bertz CT molecular complexity index is 1200. The predicted molar refractivity (Wildman–Crippen MR) is 123 cm³/mol. The van der Waals surface area contributed by atoms with E-state index in [-0.39, 0.29) is 18.0 Å². The topological polar surface area (TPSA) is 94.8 Å². The fourth-order valence-electron chi connectivity index (χ4n) is 4.12. The van der Waals surface area contributed by atoms with Crippen LogP contribution in [0.2, 0.25) is 0 Å². The van der Waals surface area contributed by atoms with Crippen molar-refractivity contribution in [3.8, 4) is 5.75 Å². The maximum Gasteiger partial charge on any atom is 0.408 e. The number of nitrogens with one attached hydrogen (secondary N) is 1. The number of hydrogen-bond acceptors (Lipinski definition) is 6. The molecule has 1 aliphatic carbocycles. The van der Waals surface area contributed by atoms with Gasteiger partial charge in [0.25, 0.3) is 0 Å². The Balaban J connectivity index is 1.44. The molecule has 3 aromatic rings. The molecule has 1 aromatic heterocycles. The number of fused-ring (bicyclic) bond motifs is 3. The lowest BCUT2D eigenvalue weighted by atomic mass is 9.91. The molecule has 0 spiro atoms. The van der Waals surface area contributed by atoms with Gasteiger partial charge in [-0.15, -0.1) is 0 Å². The van der Waals surface area contributed by atoms with Gasteiger partial charge in [-0.1, -0.05) is 43.7 Å². The summed E-state index contributed by atoms with van der Waals surface area (Å²) in [6.07, 6.45) is 3.96. The first-order valence-electron chi connectivity index (χ1n) is 11.3. The van der Waals surface area contributed by atoms with Crippen molar-refractivity contribution in [1.29, 1.82) is 0 Å². The average Bonchev–Trinajstić information content (AvgIpc) is 2.83. The summed E-state index contributed by atoms with van der Waals surface area (Å²) in [5.41, 5.74) is 2.69. The fourth-order valence-corrected chi connectivity index (χ4v) is 4.12. The van der Waals surface area contributed by atoms with Crippen molar-refractivity contribution in [2.75, 3.05) is 0 Å². The van der Waals surface area contributed by atoms with Crippen molar-refractivity contribution in [1.82, 2.24) is 5.32 Å². The Labute approximate surface area is 191 Å². The molecule has 0 fully saturated rings. The van der Waals surface area contributed by atoms with E-state index in [4.69, 9.17) is 13.9 Å². The number of alkyl carbamates (subject to hydrolysis) is 1. The van der Waals surface area contributed by atoms with E-state index in [2.05, 4.69) is 5.32 Å². The molecular formula is C26H27NO6. The molecule has 7 heteroatoms. The highest BCUT2D eigenvalue weighted by Crippen LogP contribution is 2.29. The van der Waals surface area contributed by atoms with Crippen LogP contribution in [0.25, 0.3) is 11.0 Å². The zero-order valence-electron chi connectivity index (χ0n) is 18.6. The molecule has 1 aliphatic rings. The average molecular weight is 450 g/mol. The normalized spacial score (nSPS) is 13.7. The first kappa shape index (κ1) is 22.6. The molecule has 1 amide bonds. The Morgan fingerprint density at radius 3 is 2.58 bits per heavy atom. The highest BCUT2D eigenvalue weighted by Gasteiger charge is 2.24. The predicted octanol–water partition coefficient (Wildman–Crippen LogP) is 4.67. The minimum absolute atomic E-state index is 0.106. The van der Waals surface area contributed by atoms with Crippen LogP contribution in [-0.2, 0) is 29.0 Å². The summed E-state index contributed by atoms with van der Waals surface area (Å²) in [5, 5.41) is 3.46. The fraction of sp³-hybridized carbons (Fsp3) is 0.346. The lowest BCUT2D eigenvalue weighted by Gasteiger charge is -2.18. The summed E-state index contributed by atoms with van der Waals surface area (Å²) in [4.78, 5) is 37.3. The second-order valence-electron chi connectivity index (χ2n) is 8.18. The highest BCUT2D eigenvalue weighted by molar-refractivity contribution is 5.86. The van der Waals surface area contributed by atoms with E-state index in [1.165, 1.54) is 0 Å². The van der Waals surface area contributed by atoms with Gasteiger partial charge in [0.05, 0.1) is 0 Å². The standard InChI is InChI=1S/C26H27NO6/c1-2-8-22(27-26(30)31-16-17-9-4-3-5-10-17)25(29)32-18-13-14-20-19-11-6-7-12-21(19)24(28)33-23(20)15-18/h3-5,9-10,13-15,22H,2,6-8,11-12,16H2,1H3,(H,27,30)/t22-/m1/s1. The van der Waals surface area contributed by atoms with E-state index in [1.807, 2.05) is 43.3 Å². The van der Waals surface area contributed by atoms with Crippen molar-refractivity contribution in [2.45, 2.75) is 58.1 Å². The highest BCUT2D eigenvalue weighted by atomic mass is 16.6. The van der Waals surface area contributed by atoms with Crippen molar-refractivity contribution in [3.63, 3.8) is 0 Å². The zero-order valence-corrected chi connectivity index (χ0v) is 18.6. The third-order valence-corrected chi connectivity index (χ3v) is 5.78. The Morgan fingerprint density at radius 1 is 1.06 bits per heavy atom. The van der Waals surface area contributed by atoms with Crippen molar-refractivity contribution in [3.05, 3.63) is 75.6 Å². The van der Waals surface area contributed by atoms with E-state index in [0.29, 0.717) is 18.4 Å². The van der Waals surface area contributed by atoms with Crippen molar-refractivity contribution < 1.29 is 23.5 Å². The third-order valence-electron chi connectivity index (χ3n) is 5.78. The van der Waals surface area contributed by atoms with Crippen LogP contribution in [0.1, 0.15) is 49.3 Å². The molecule has 33 heavy (non-hydrogen) atoms. The van der Waals surface area contributed by atoms with Crippen molar-refractivity contribution >= 4 is 23.0 Å². The Morgan fingerprint density at radius 2 is 1.82 bits per heavy atom. The molecule has 0 bridgehead atoms. The van der Waals surface area contributed by atoms with Crippen LogP contribution in [0, 0.1) is 0 Å². The zero-order chi connectivity index (χ0) is 23.2. The number of carbonyl (C=O) groups excluding carboxylic acids is 2. The first-order valence-corrected chi connectivity index (χ1v) is 11.3. The van der Waals surface area contributed by atoms with E-state index in [1.54, 1.807) is 12.1 Å². The van der Waals surface area contributed by atoms with Crippen LogP contribution in [0.5, 0.6) is 5.75 Å². The lowest BCUT2D eigenvalue weighted by molar-refractivity contribution is -0.136. The summed E-state index contributed by atoms with van der Waals surface area (Å²) in [6.45, 7) is 2.01. The maximum atomic E-state index is 12.8. The molecule has 0 saturated heterocycles. The van der Waals surface area contributed by atoms with Gasteiger partial charge >= 0.3 is 17.7 Å². The molecular weight excluding hydrogens is 422 g/mol. The Kier molecular flexibility index (Phi) is 7.07. The number of amides is 1. The largest absolute Gasteiger partial charge is 0.445 e. The van der Waals surface area contributed by atoms with Crippen LogP contribution >= 0.6 is 0 Å². The first-order chi connectivity index (χ1) is 16.0. The summed E-state index contributed by atoms with van der Waals surface area (Å²) in [7, 11) is 0. The van der Waals surface area contributed by atoms with E-state index >= 15 is 0 Å². The van der Waals surface area contributed by atoms with Gasteiger partial charge in [-0.25, -0.2) is 14.4 Å². The third kappa shape index (κ3) is 5.42. The van der Waals surface area contributed by atoms with Gasteiger partial charge in [-0.05, 0) is 55.4 Å². The summed E-state index contributed by atoms with van der Waals surface area (Å²) >= 11 is 0. The quantitative estimate of drug-likeness (QED) is 0.320. The second kappa shape index (κ2) is 10.3. The molecule has 0 saturated carbocycles. The van der Waals surface area contributed by atoms with Gasteiger partial charge < -0.3 is 19.2 Å². The van der Waals surface area contributed by atoms with Crippen LogP contribution in [-0.4, -0.2) is 18.1 Å². The smallest absolute Gasteiger partial charge is 0.408 e. The lowest BCUT2D eigenvalue weighted by Crippen LogP contribution is -2.43. The number of ether oxygens (including phenoxy) is 2. The summed E-state index contributed by atoms with van der Waals surface area (Å²) in [5.74, 6) is -0.347. The monoisotopic (exact) mass is 449 g/mol. The molecule has 1 N–H and O–H groups in total. The number of rotatable bonds is 7. The Hall–Kier alpha value is -3.61. The van der Waals surface area contributed by atoms with Gasteiger partial charge in [0.2, 0.25) is 0 Å². The molecule has 0 aliphatic heterocycles. The number of carbonyl (C=O) groups is 2. The number of benzene rings is 2. The molecule has 2 aromatic carbocycles. The summed E-state index contributed by atoms with van der Waals surface area (Å²) in [6, 6.07) is 13.5. The minimum Gasteiger partial charge on any atom is -0.445 e. The number of hydrogen-bond donors (Lipinski definition) is 1. The molecule has 172 valence electrons. The van der Waals surface area contributed by atoms with Crippen molar-refractivity contribution in [2.24, 2.45) is 0 Å². The molecule has 0 radical (unpaired) electrons. The number of aryl methyl sites for hydroxylation is 1. The van der Waals surface area contributed by atoms with Gasteiger partial charge in [0, 0.05) is 17.0 Å². The van der Waals surface area contributed by atoms with Crippen LogP contribution in [0.4, 0.5) is 4.79 Å². The minimum atomic E-state index is -0.857. The SMILES string of the molecule is CCC[C@@H](NC(=O)OCc1ccccc1)C(=O)Oc1ccc2c3c(c(=O)oc2c1)CCCC3. The maximum absolute atomic E-state index is 12.8. The molecule has 0 unspecified atom stereocenters. The van der Waals surface area contributed by atoms with E-state index < -0.39 is 18.1 Å². The van der Waals surface area contributed by atoms with Gasteiger partial charge in [-0.2, -0.15) is 0 Å². The molecule has 4 rings (SSSR count). The molecule has 7 nitrogen and oxygen atoms in total. The second-order valence-corrected chi connectivity index (χ2v) is 8.18. The summed E-state index contributed by atoms with van der Waals surface area (Å²) < 4.78 is 16.2.